The van der Waals surface area contributed by atoms with E-state index in [1.54, 1.807) is 12.1 Å². The molecule has 0 unspecified atom stereocenters. The number of halogens is 2. The highest BCUT2D eigenvalue weighted by Crippen LogP contribution is 2.03. The van der Waals surface area contributed by atoms with Crippen molar-refractivity contribution in [1.29, 1.82) is 0 Å². The second kappa shape index (κ2) is 12.3. The van der Waals surface area contributed by atoms with Crippen molar-refractivity contribution >= 4 is 41.7 Å². The van der Waals surface area contributed by atoms with Crippen molar-refractivity contribution in [3.05, 3.63) is 35.6 Å². The molecule has 2 N–H and O–H groups in total. The summed E-state index contributed by atoms with van der Waals surface area (Å²) in [5.74, 6) is 1.74. The molecule has 0 spiro atoms. The van der Waals surface area contributed by atoms with E-state index < -0.39 is 0 Å². The number of hydrogen-bond acceptors (Lipinski definition) is 2. The summed E-state index contributed by atoms with van der Waals surface area (Å²) in [5, 5.41) is 6.49. The third-order valence-corrected chi connectivity index (χ3v) is 3.19. The van der Waals surface area contributed by atoms with E-state index >= 15 is 0 Å². The van der Waals surface area contributed by atoms with Gasteiger partial charge in [0.25, 0.3) is 0 Å². The molecular weight excluding hydrogens is 388 g/mol. The van der Waals surface area contributed by atoms with Crippen LogP contribution in [-0.4, -0.2) is 31.1 Å². The highest BCUT2D eigenvalue weighted by Gasteiger charge is 1.97. The molecule has 0 heterocycles. The van der Waals surface area contributed by atoms with Gasteiger partial charge in [0.1, 0.15) is 5.82 Å². The van der Waals surface area contributed by atoms with E-state index in [2.05, 4.69) is 21.9 Å². The van der Waals surface area contributed by atoms with Gasteiger partial charge in [-0.3, -0.25) is 0 Å². The maximum Gasteiger partial charge on any atom is 0.191 e. The Morgan fingerprint density at radius 1 is 1.25 bits per heavy atom. The summed E-state index contributed by atoms with van der Waals surface area (Å²) >= 11 is 1.84. The number of nitrogens with zero attached hydrogens (tertiary/aromatic N) is 1. The Labute approximate surface area is 142 Å². The van der Waals surface area contributed by atoms with Gasteiger partial charge in [-0.1, -0.05) is 12.1 Å². The van der Waals surface area contributed by atoms with E-state index in [0.717, 1.165) is 36.8 Å². The first-order valence-corrected chi connectivity index (χ1v) is 7.91. The molecular formula is C14H23FIN3S. The molecule has 1 aromatic carbocycles. The van der Waals surface area contributed by atoms with Gasteiger partial charge in [0.15, 0.2) is 5.96 Å². The predicted molar refractivity (Wildman–Crippen MR) is 97.6 cm³/mol. The zero-order chi connectivity index (χ0) is 13.9. The topological polar surface area (TPSA) is 36.4 Å². The second-order valence-electron chi connectivity index (χ2n) is 4.09. The first kappa shape index (κ1) is 19.5. The fraction of sp³-hybridized carbons (Fsp3) is 0.500. The minimum atomic E-state index is -0.213. The minimum absolute atomic E-state index is 0. The summed E-state index contributed by atoms with van der Waals surface area (Å²) in [6.45, 7) is 4.34. The summed E-state index contributed by atoms with van der Waals surface area (Å²) in [6, 6.07) is 6.44. The third-order valence-electron chi connectivity index (χ3n) is 2.49. The largest absolute Gasteiger partial charge is 0.357 e. The van der Waals surface area contributed by atoms with Gasteiger partial charge in [-0.15, -0.1) is 24.0 Å². The monoisotopic (exact) mass is 411 g/mol. The molecule has 0 saturated heterocycles. The van der Waals surface area contributed by atoms with E-state index in [0.29, 0.717) is 6.54 Å². The van der Waals surface area contributed by atoms with Crippen molar-refractivity contribution in [3.8, 4) is 0 Å². The van der Waals surface area contributed by atoms with Gasteiger partial charge < -0.3 is 10.6 Å². The van der Waals surface area contributed by atoms with Gasteiger partial charge in [0.2, 0.25) is 0 Å². The van der Waals surface area contributed by atoms with Crippen LogP contribution in [0, 0.1) is 5.82 Å². The van der Waals surface area contributed by atoms with Crippen LogP contribution in [0.5, 0.6) is 0 Å². The molecule has 0 radical (unpaired) electrons. The maximum atomic E-state index is 12.8. The average Bonchev–Trinajstić information content (AvgIpc) is 2.42. The molecule has 0 bridgehead atoms. The Kier molecular flexibility index (Phi) is 12.0. The molecule has 1 aromatic rings. The van der Waals surface area contributed by atoms with Crippen molar-refractivity contribution in [2.24, 2.45) is 4.99 Å². The first-order valence-electron chi connectivity index (χ1n) is 6.51. The van der Waals surface area contributed by atoms with Crippen molar-refractivity contribution < 1.29 is 4.39 Å². The van der Waals surface area contributed by atoms with Crippen LogP contribution < -0.4 is 10.6 Å². The number of benzene rings is 1. The zero-order valence-electron chi connectivity index (χ0n) is 12.0. The molecule has 3 nitrogen and oxygen atoms in total. The number of rotatable bonds is 7. The molecule has 1 rings (SSSR count). The molecule has 0 aliphatic heterocycles. The normalized spacial score (nSPS) is 10.8. The molecule has 0 aromatic heterocycles. The Morgan fingerprint density at radius 3 is 2.55 bits per heavy atom. The fourth-order valence-electron chi connectivity index (χ4n) is 1.53. The lowest BCUT2D eigenvalue weighted by molar-refractivity contribution is 0.627. The van der Waals surface area contributed by atoms with E-state index in [1.807, 2.05) is 18.7 Å². The molecule has 0 aliphatic carbocycles. The van der Waals surface area contributed by atoms with E-state index in [4.69, 9.17) is 0 Å². The number of guanidine groups is 1. The first-order chi connectivity index (χ1) is 9.26. The van der Waals surface area contributed by atoms with Crippen LogP contribution in [0.4, 0.5) is 4.39 Å². The summed E-state index contributed by atoms with van der Waals surface area (Å²) in [5.41, 5.74) is 1.00. The quantitative estimate of drug-likeness (QED) is 0.313. The molecule has 20 heavy (non-hydrogen) atoms. The van der Waals surface area contributed by atoms with Crippen LogP contribution in [-0.2, 0) is 6.54 Å². The highest BCUT2D eigenvalue weighted by atomic mass is 127. The molecule has 0 atom stereocenters. The SMILES string of the molecule is CCNC(=NCc1ccc(F)cc1)NCCCSC.I. The lowest BCUT2D eigenvalue weighted by Gasteiger charge is -2.10. The highest BCUT2D eigenvalue weighted by molar-refractivity contribution is 14.0. The van der Waals surface area contributed by atoms with Gasteiger partial charge in [0.05, 0.1) is 6.54 Å². The number of thioether (sulfide) groups is 1. The third kappa shape index (κ3) is 8.63. The number of hydrogen-bond donors (Lipinski definition) is 2. The lowest BCUT2D eigenvalue weighted by Crippen LogP contribution is -2.37. The van der Waals surface area contributed by atoms with Gasteiger partial charge in [-0.25, -0.2) is 9.38 Å². The van der Waals surface area contributed by atoms with Gasteiger partial charge >= 0.3 is 0 Å². The summed E-state index contributed by atoms with van der Waals surface area (Å²) < 4.78 is 12.8. The smallest absolute Gasteiger partial charge is 0.191 e. The molecule has 0 fully saturated rings. The van der Waals surface area contributed by atoms with Crippen LogP contribution in [0.3, 0.4) is 0 Å². The van der Waals surface area contributed by atoms with E-state index in [9.17, 15) is 4.39 Å². The molecule has 0 saturated carbocycles. The summed E-state index contributed by atoms with van der Waals surface area (Å²) in [6.07, 6.45) is 3.22. The Hall–Kier alpha value is -0.500. The zero-order valence-corrected chi connectivity index (χ0v) is 15.1. The fourth-order valence-corrected chi connectivity index (χ4v) is 1.96. The van der Waals surface area contributed by atoms with Crippen LogP contribution in [0.25, 0.3) is 0 Å². The van der Waals surface area contributed by atoms with E-state index in [1.165, 1.54) is 12.1 Å². The van der Waals surface area contributed by atoms with E-state index in [-0.39, 0.29) is 29.8 Å². The van der Waals surface area contributed by atoms with Crippen molar-refractivity contribution in [3.63, 3.8) is 0 Å². The standard InChI is InChI=1S/C14H22FN3S.HI/c1-3-16-14(17-9-4-10-19-2)18-11-12-5-7-13(15)8-6-12;/h5-8H,3-4,9-11H2,1-2H3,(H2,16,17,18);1H. The maximum absolute atomic E-state index is 12.8. The van der Waals surface area contributed by atoms with Crippen molar-refractivity contribution in [2.75, 3.05) is 25.1 Å². The molecule has 0 aliphatic rings. The predicted octanol–water partition coefficient (Wildman–Crippen LogP) is 3.25. The average molecular weight is 411 g/mol. The van der Waals surface area contributed by atoms with Crippen molar-refractivity contribution in [1.82, 2.24) is 10.6 Å². The summed E-state index contributed by atoms with van der Waals surface area (Å²) in [7, 11) is 0. The number of nitrogens with one attached hydrogen (secondary N) is 2. The van der Waals surface area contributed by atoms with Gasteiger partial charge in [0, 0.05) is 13.1 Å². The molecule has 0 amide bonds. The number of aliphatic imine (C=N–C) groups is 1. The Balaban J connectivity index is 0.00000361. The van der Waals surface area contributed by atoms with Crippen molar-refractivity contribution in [2.45, 2.75) is 19.9 Å². The van der Waals surface area contributed by atoms with Gasteiger partial charge in [-0.2, -0.15) is 11.8 Å². The Bertz CT molecular complexity index is 385. The Morgan fingerprint density at radius 2 is 1.95 bits per heavy atom. The molecule has 114 valence electrons. The molecule has 6 heteroatoms. The van der Waals surface area contributed by atoms with Crippen LogP contribution in [0.1, 0.15) is 18.9 Å². The summed E-state index contributed by atoms with van der Waals surface area (Å²) in [4.78, 5) is 4.48. The second-order valence-corrected chi connectivity index (χ2v) is 5.08. The van der Waals surface area contributed by atoms with Crippen LogP contribution in [0.15, 0.2) is 29.3 Å². The minimum Gasteiger partial charge on any atom is -0.357 e. The van der Waals surface area contributed by atoms with Crippen LogP contribution >= 0.6 is 35.7 Å². The van der Waals surface area contributed by atoms with Gasteiger partial charge in [-0.05, 0) is 43.0 Å². The lowest BCUT2D eigenvalue weighted by atomic mass is 10.2. The van der Waals surface area contributed by atoms with Crippen LogP contribution in [0.2, 0.25) is 0 Å².